The lowest BCUT2D eigenvalue weighted by Gasteiger charge is -2.34. The van der Waals surface area contributed by atoms with Crippen molar-refractivity contribution in [1.29, 1.82) is 0 Å². The zero-order valence-electron chi connectivity index (χ0n) is 17.4. The van der Waals surface area contributed by atoms with E-state index in [2.05, 4.69) is 31.7 Å². The molecule has 0 saturated carbocycles. The van der Waals surface area contributed by atoms with E-state index < -0.39 is 0 Å². The highest BCUT2D eigenvalue weighted by atomic mass is 16.1. The molecule has 1 fully saturated rings. The van der Waals surface area contributed by atoms with E-state index in [-0.39, 0.29) is 5.56 Å². The number of hydrogen-bond acceptors (Lipinski definition) is 6. The second kappa shape index (κ2) is 8.16. The summed E-state index contributed by atoms with van der Waals surface area (Å²) in [5.74, 6) is 0.660. The largest absolute Gasteiger partial charge is 0.299 e. The summed E-state index contributed by atoms with van der Waals surface area (Å²) >= 11 is 0. The van der Waals surface area contributed by atoms with Crippen molar-refractivity contribution in [2.24, 2.45) is 7.05 Å². The molecule has 0 aromatic carbocycles. The van der Waals surface area contributed by atoms with Gasteiger partial charge in [-0.3, -0.25) is 19.3 Å². The van der Waals surface area contributed by atoms with Crippen LogP contribution in [-0.2, 0) is 33.0 Å². The van der Waals surface area contributed by atoms with E-state index >= 15 is 0 Å². The second-order valence-electron chi connectivity index (χ2n) is 8.17. The molecule has 1 saturated heterocycles. The Balaban J connectivity index is 1.16. The summed E-state index contributed by atoms with van der Waals surface area (Å²) in [5, 5.41) is 13.4. The SMILES string of the molecule is Cn1nc2c(c1CN1CCN(CCn3nc(-n4cccn4)ccc3=O)CC1)CCC2. The zero-order chi connectivity index (χ0) is 20.5. The van der Waals surface area contributed by atoms with Gasteiger partial charge in [-0.25, -0.2) is 9.36 Å². The van der Waals surface area contributed by atoms with Crippen LogP contribution in [0.5, 0.6) is 0 Å². The Bertz CT molecular complexity index is 1060. The number of hydrogen-bond donors (Lipinski definition) is 0. The van der Waals surface area contributed by atoms with Crippen molar-refractivity contribution in [2.45, 2.75) is 32.4 Å². The first-order chi connectivity index (χ1) is 14.7. The number of piperazine rings is 1. The van der Waals surface area contributed by atoms with E-state index in [1.807, 2.05) is 12.3 Å². The predicted octanol–water partition coefficient (Wildman–Crippen LogP) is 0.469. The van der Waals surface area contributed by atoms with Crippen molar-refractivity contribution in [3.05, 3.63) is 57.9 Å². The Morgan fingerprint density at radius 2 is 1.83 bits per heavy atom. The number of aryl methyl sites for hydroxylation is 2. The number of aromatic nitrogens is 6. The maximum Gasteiger partial charge on any atom is 0.266 e. The van der Waals surface area contributed by atoms with Crippen molar-refractivity contribution in [1.82, 2.24) is 39.1 Å². The van der Waals surface area contributed by atoms with Crippen molar-refractivity contribution in [3.63, 3.8) is 0 Å². The van der Waals surface area contributed by atoms with Crippen molar-refractivity contribution in [2.75, 3.05) is 32.7 Å². The standard InChI is InChI=1S/C21H28N8O/c1-25-19(17-4-2-5-18(17)23-25)16-27-12-10-26(11-13-27)14-15-29-21(30)7-6-20(24-29)28-9-3-8-22-28/h3,6-9H,2,4-5,10-16H2,1H3. The fourth-order valence-electron chi connectivity index (χ4n) is 4.53. The van der Waals surface area contributed by atoms with E-state index in [9.17, 15) is 4.79 Å². The number of nitrogens with zero attached hydrogens (tertiary/aromatic N) is 8. The van der Waals surface area contributed by atoms with E-state index in [1.165, 1.54) is 29.8 Å². The molecule has 1 aliphatic carbocycles. The van der Waals surface area contributed by atoms with Gasteiger partial charge in [-0.05, 0) is 37.0 Å². The van der Waals surface area contributed by atoms with Gasteiger partial charge in [0.1, 0.15) is 0 Å². The molecule has 3 aromatic rings. The van der Waals surface area contributed by atoms with Gasteiger partial charge >= 0.3 is 0 Å². The van der Waals surface area contributed by atoms with Crippen LogP contribution in [0.3, 0.4) is 0 Å². The summed E-state index contributed by atoms with van der Waals surface area (Å²) < 4.78 is 5.30. The molecule has 0 spiro atoms. The van der Waals surface area contributed by atoms with Gasteiger partial charge in [0.15, 0.2) is 5.82 Å². The fraction of sp³-hybridized carbons (Fsp3) is 0.524. The molecule has 0 atom stereocenters. The minimum atomic E-state index is -0.0744. The minimum absolute atomic E-state index is 0.0744. The van der Waals surface area contributed by atoms with Gasteiger partial charge in [0.25, 0.3) is 5.56 Å². The Morgan fingerprint density at radius 1 is 1.00 bits per heavy atom. The van der Waals surface area contributed by atoms with Gasteiger partial charge in [0.2, 0.25) is 0 Å². The molecule has 4 heterocycles. The van der Waals surface area contributed by atoms with E-state index in [0.29, 0.717) is 12.4 Å². The summed E-state index contributed by atoms with van der Waals surface area (Å²) in [5.41, 5.74) is 4.11. The van der Waals surface area contributed by atoms with Gasteiger partial charge in [0.05, 0.1) is 17.9 Å². The molecule has 0 radical (unpaired) electrons. The first-order valence-electron chi connectivity index (χ1n) is 10.7. The lowest BCUT2D eigenvalue weighted by Crippen LogP contribution is -2.47. The van der Waals surface area contributed by atoms with Gasteiger partial charge in [-0.1, -0.05) is 0 Å². The number of fused-ring (bicyclic) bond motifs is 1. The smallest absolute Gasteiger partial charge is 0.266 e. The molecule has 5 rings (SSSR count). The average Bonchev–Trinajstić information content (AvgIpc) is 3.49. The first kappa shape index (κ1) is 19.2. The Labute approximate surface area is 175 Å². The lowest BCUT2D eigenvalue weighted by atomic mass is 10.2. The molecule has 9 heteroatoms. The summed E-state index contributed by atoms with van der Waals surface area (Å²) in [4.78, 5) is 17.1. The van der Waals surface area contributed by atoms with Crippen LogP contribution in [-0.4, -0.2) is 71.9 Å². The summed E-state index contributed by atoms with van der Waals surface area (Å²) in [6.45, 7) is 6.49. The molecule has 3 aromatic heterocycles. The molecule has 0 N–H and O–H groups in total. The molecule has 9 nitrogen and oxygen atoms in total. The average molecular weight is 409 g/mol. The summed E-state index contributed by atoms with van der Waals surface area (Å²) in [6, 6.07) is 5.12. The highest BCUT2D eigenvalue weighted by Gasteiger charge is 2.24. The van der Waals surface area contributed by atoms with Crippen molar-refractivity contribution in [3.8, 4) is 5.82 Å². The third-order valence-electron chi connectivity index (χ3n) is 6.26. The first-order valence-corrected chi connectivity index (χ1v) is 10.7. The van der Waals surface area contributed by atoms with Crippen LogP contribution in [0.25, 0.3) is 5.82 Å². The molecule has 158 valence electrons. The molecule has 2 aliphatic rings. The highest BCUT2D eigenvalue weighted by molar-refractivity contribution is 5.30. The lowest BCUT2D eigenvalue weighted by molar-refractivity contribution is 0.120. The predicted molar refractivity (Wildman–Crippen MR) is 113 cm³/mol. The van der Waals surface area contributed by atoms with Crippen LogP contribution in [0.4, 0.5) is 0 Å². The van der Waals surface area contributed by atoms with Gasteiger partial charge in [0, 0.05) is 64.8 Å². The van der Waals surface area contributed by atoms with Gasteiger partial charge in [-0.15, -0.1) is 5.10 Å². The maximum atomic E-state index is 12.2. The normalized spacial score (nSPS) is 17.5. The molecule has 30 heavy (non-hydrogen) atoms. The monoisotopic (exact) mass is 408 g/mol. The summed E-state index contributed by atoms with van der Waals surface area (Å²) in [6.07, 6.45) is 7.09. The van der Waals surface area contributed by atoms with Crippen molar-refractivity contribution >= 4 is 0 Å². The van der Waals surface area contributed by atoms with Gasteiger partial charge < -0.3 is 0 Å². The van der Waals surface area contributed by atoms with Crippen LogP contribution in [0.15, 0.2) is 35.4 Å². The Kier molecular flexibility index (Phi) is 5.22. The molecule has 1 aliphatic heterocycles. The molecule has 0 bridgehead atoms. The van der Waals surface area contributed by atoms with Gasteiger partial charge in [-0.2, -0.15) is 10.2 Å². The zero-order valence-corrected chi connectivity index (χ0v) is 17.4. The third-order valence-corrected chi connectivity index (χ3v) is 6.26. The number of rotatable bonds is 6. The molecule has 0 unspecified atom stereocenters. The highest BCUT2D eigenvalue weighted by Crippen LogP contribution is 2.25. The fourth-order valence-corrected chi connectivity index (χ4v) is 4.53. The Morgan fingerprint density at radius 3 is 2.63 bits per heavy atom. The van der Waals surface area contributed by atoms with Crippen LogP contribution in [0.2, 0.25) is 0 Å². The van der Waals surface area contributed by atoms with E-state index in [1.54, 1.807) is 27.7 Å². The van der Waals surface area contributed by atoms with Crippen LogP contribution >= 0.6 is 0 Å². The Hall–Kier alpha value is -2.78. The maximum absolute atomic E-state index is 12.2. The van der Waals surface area contributed by atoms with E-state index in [4.69, 9.17) is 5.10 Å². The molecular formula is C21H28N8O. The van der Waals surface area contributed by atoms with Crippen molar-refractivity contribution < 1.29 is 0 Å². The second-order valence-corrected chi connectivity index (χ2v) is 8.17. The molecular weight excluding hydrogens is 380 g/mol. The topological polar surface area (TPSA) is 77.0 Å². The summed E-state index contributed by atoms with van der Waals surface area (Å²) in [7, 11) is 2.08. The third kappa shape index (κ3) is 3.82. The van der Waals surface area contributed by atoms with Crippen LogP contribution in [0, 0.1) is 0 Å². The van der Waals surface area contributed by atoms with E-state index in [0.717, 1.165) is 45.7 Å². The van der Waals surface area contributed by atoms with Crippen LogP contribution < -0.4 is 5.56 Å². The molecule has 0 amide bonds. The quantitative estimate of drug-likeness (QED) is 0.590. The van der Waals surface area contributed by atoms with Crippen LogP contribution in [0.1, 0.15) is 23.4 Å². The minimum Gasteiger partial charge on any atom is -0.299 e.